The number of hydrogen-bond acceptors (Lipinski definition) is 4. The van der Waals surface area contributed by atoms with Crippen LogP contribution in [-0.4, -0.2) is 37.9 Å². The second kappa shape index (κ2) is 14.3. The number of likely N-dealkylation sites (N-methyl/N-ethyl adjacent to an activating group) is 1. The van der Waals surface area contributed by atoms with E-state index in [0.29, 0.717) is 17.9 Å². The van der Waals surface area contributed by atoms with Crippen LogP contribution in [-0.2, 0) is 0 Å². The zero-order chi connectivity index (χ0) is 29.2. The molecule has 41 heavy (non-hydrogen) atoms. The van der Waals surface area contributed by atoms with E-state index in [1.165, 1.54) is 16.7 Å². The highest BCUT2D eigenvalue weighted by atomic mass is 16.5. The Morgan fingerprint density at radius 3 is 2.10 bits per heavy atom. The number of ketones is 1. The van der Waals surface area contributed by atoms with Gasteiger partial charge in [-0.05, 0) is 86.3 Å². The third-order valence-electron chi connectivity index (χ3n) is 7.00. The number of furan rings is 1. The fourth-order valence-corrected chi connectivity index (χ4v) is 4.97. The zero-order valence-electron chi connectivity index (χ0n) is 24.5. The molecule has 0 fully saturated rings. The molecule has 4 nitrogen and oxygen atoms in total. The van der Waals surface area contributed by atoms with Crippen molar-refractivity contribution in [1.29, 1.82) is 0 Å². The number of benzene rings is 3. The minimum atomic E-state index is -0.00984. The minimum absolute atomic E-state index is 0.00984. The van der Waals surface area contributed by atoms with Gasteiger partial charge in [0.05, 0.1) is 11.8 Å². The Balaban J connectivity index is 1.75. The first-order valence-electron chi connectivity index (χ1n) is 14.0. The van der Waals surface area contributed by atoms with Crippen LogP contribution in [0.1, 0.15) is 58.1 Å². The number of carbonyl (C=O) groups excluding carboxylic acids is 1. The van der Waals surface area contributed by atoms with Crippen LogP contribution in [0.25, 0.3) is 16.7 Å². The van der Waals surface area contributed by atoms with Crippen molar-refractivity contribution in [3.8, 4) is 5.75 Å². The molecule has 0 unspecified atom stereocenters. The Kier molecular flexibility index (Phi) is 10.3. The molecule has 0 amide bonds. The highest BCUT2D eigenvalue weighted by Crippen LogP contribution is 2.36. The molecule has 210 valence electrons. The van der Waals surface area contributed by atoms with Crippen LogP contribution in [0.4, 0.5) is 0 Å². The average molecular weight is 546 g/mol. The van der Waals surface area contributed by atoms with Gasteiger partial charge in [-0.15, -0.1) is 0 Å². The van der Waals surface area contributed by atoms with Gasteiger partial charge >= 0.3 is 0 Å². The molecule has 3 aromatic carbocycles. The number of hydrogen-bond donors (Lipinski definition) is 0. The third-order valence-corrected chi connectivity index (χ3v) is 7.00. The van der Waals surface area contributed by atoms with Crippen LogP contribution in [0, 0.1) is 6.92 Å². The number of ether oxygens (including phenoxy) is 1. The molecule has 0 spiro atoms. The maximum atomic E-state index is 12.3. The normalized spacial score (nSPS) is 12.3. The van der Waals surface area contributed by atoms with E-state index in [9.17, 15) is 4.79 Å². The first-order valence-corrected chi connectivity index (χ1v) is 14.0. The molecule has 0 radical (unpaired) electrons. The lowest BCUT2D eigenvalue weighted by atomic mass is 9.87. The summed E-state index contributed by atoms with van der Waals surface area (Å²) in [6, 6.07) is 29.4. The second-order valence-corrected chi connectivity index (χ2v) is 10.3. The minimum Gasteiger partial charge on any atom is -0.492 e. The van der Waals surface area contributed by atoms with Gasteiger partial charge in [0, 0.05) is 12.1 Å². The lowest BCUT2D eigenvalue weighted by Crippen LogP contribution is -2.19. The van der Waals surface area contributed by atoms with Crippen molar-refractivity contribution in [2.75, 3.05) is 27.2 Å². The molecule has 1 heterocycles. The van der Waals surface area contributed by atoms with Crippen molar-refractivity contribution in [2.24, 2.45) is 0 Å². The lowest BCUT2D eigenvalue weighted by molar-refractivity contribution is 0.101. The Morgan fingerprint density at radius 2 is 1.51 bits per heavy atom. The van der Waals surface area contributed by atoms with Gasteiger partial charge in [-0.1, -0.05) is 91.5 Å². The quantitative estimate of drug-likeness (QED) is 0.0957. The molecule has 0 N–H and O–H groups in total. The summed E-state index contributed by atoms with van der Waals surface area (Å²) in [6.07, 6.45) is 7.04. The molecule has 0 saturated carbocycles. The first kappa shape index (κ1) is 29.6. The summed E-state index contributed by atoms with van der Waals surface area (Å²) in [5, 5.41) is 0. The van der Waals surface area contributed by atoms with Gasteiger partial charge in [0.1, 0.15) is 18.1 Å². The van der Waals surface area contributed by atoms with Gasteiger partial charge < -0.3 is 14.1 Å². The van der Waals surface area contributed by atoms with E-state index in [1.807, 2.05) is 33.2 Å². The molecule has 4 aromatic rings. The molecule has 0 bridgehead atoms. The number of aryl methyl sites for hydroxylation is 1. The van der Waals surface area contributed by atoms with E-state index in [-0.39, 0.29) is 5.78 Å². The van der Waals surface area contributed by atoms with Crippen molar-refractivity contribution in [2.45, 2.75) is 26.7 Å². The Bertz CT molecular complexity index is 1510. The van der Waals surface area contributed by atoms with E-state index in [0.717, 1.165) is 47.4 Å². The average Bonchev–Trinajstić information content (AvgIpc) is 3.37. The molecule has 0 atom stereocenters. The molecule has 0 aliphatic heterocycles. The van der Waals surface area contributed by atoms with Crippen molar-refractivity contribution in [1.82, 2.24) is 4.90 Å². The van der Waals surface area contributed by atoms with Gasteiger partial charge in [0.25, 0.3) is 0 Å². The largest absolute Gasteiger partial charge is 0.492 e. The second-order valence-electron chi connectivity index (χ2n) is 10.3. The molecular formula is C37H39NO3. The predicted molar refractivity (Wildman–Crippen MR) is 170 cm³/mol. The number of rotatable bonds is 13. The highest BCUT2D eigenvalue weighted by Gasteiger charge is 2.18. The van der Waals surface area contributed by atoms with E-state index in [4.69, 9.17) is 9.15 Å². The van der Waals surface area contributed by atoms with Crippen molar-refractivity contribution in [3.05, 3.63) is 144 Å². The monoisotopic (exact) mass is 545 g/mol. The molecule has 0 aliphatic rings. The standard InChI is InChI=1S/C37H39NO3/c1-6-29(37-35(28(3)39)27(2)26-41-37)18-13-19-34(30-14-9-7-10-15-30)36(31-16-11-8-12-17-31)32-20-22-33(23-21-32)40-25-24-38(4)5/h6-12,14-18,20-23,26H,1,13,19,24-25H2,2-5H3. The summed E-state index contributed by atoms with van der Waals surface area (Å²) in [6.45, 7) is 8.98. The van der Waals surface area contributed by atoms with Gasteiger partial charge in [-0.2, -0.15) is 0 Å². The van der Waals surface area contributed by atoms with Crippen LogP contribution in [0.5, 0.6) is 5.75 Å². The Hall–Kier alpha value is -4.41. The van der Waals surface area contributed by atoms with E-state index < -0.39 is 0 Å². The Morgan fingerprint density at radius 1 is 0.902 bits per heavy atom. The molecule has 4 rings (SSSR count). The van der Waals surface area contributed by atoms with E-state index >= 15 is 0 Å². The lowest BCUT2D eigenvalue weighted by Gasteiger charge is -2.18. The first-order chi connectivity index (χ1) is 19.9. The Labute approximate surface area is 244 Å². The highest BCUT2D eigenvalue weighted by molar-refractivity contribution is 6.01. The van der Waals surface area contributed by atoms with E-state index in [1.54, 1.807) is 19.3 Å². The SMILES string of the molecule is C=CC(=CCCC(=C(c1ccccc1)c1ccc(OCCN(C)C)cc1)c1ccccc1)c1occ(C)c1C(C)=O. The molecular weight excluding hydrogens is 506 g/mol. The maximum absolute atomic E-state index is 12.3. The van der Waals surface area contributed by atoms with Gasteiger partial charge in [0.15, 0.2) is 5.78 Å². The summed E-state index contributed by atoms with van der Waals surface area (Å²) >= 11 is 0. The van der Waals surface area contributed by atoms with Gasteiger partial charge in [-0.3, -0.25) is 4.79 Å². The summed E-state index contributed by atoms with van der Waals surface area (Å²) in [5.41, 5.74) is 8.16. The summed E-state index contributed by atoms with van der Waals surface area (Å²) in [4.78, 5) is 14.4. The number of carbonyl (C=O) groups is 1. The van der Waals surface area contributed by atoms with Gasteiger partial charge in [-0.25, -0.2) is 0 Å². The fourth-order valence-electron chi connectivity index (χ4n) is 4.97. The maximum Gasteiger partial charge on any atom is 0.163 e. The third kappa shape index (κ3) is 7.62. The van der Waals surface area contributed by atoms with Crippen molar-refractivity contribution < 1.29 is 13.9 Å². The van der Waals surface area contributed by atoms with Gasteiger partial charge in [0.2, 0.25) is 0 Å². The molecule has 0 saturated heterocycles. The topological polar surface area (TPSA) is 42.7 Å². The zero-order valence-corrected chi connectivity index (χ0v) is 24.5. The summed E-state index contributed by atoms with van der Waals surface area (Å²) in [7, 11) is 4.08. The smallest absolute Gasteiger partial charge is 0.163 e. The summed E-state index contributed by atoms with van der Waals surface area (Å²) in [5.74, 6) is 1.44. The number of nitrogens with zero attached hydrogens (tertiary/aromatic N) is 1. The van der Waals surface area contributed by atoms with E-state index in [2.05, 4.69) is 90.4 Å². The van der Waals surface area contributed by atoms with Crippen LogP contribution in [0.15, 0.2) is 114 Å². The summed E-state index contributed by atoms with van der Waals surface area (Å²) < 4.78 is 11.8. The van der Waals surface area contributed by atoms with Crippen LogP contribution < -0.4 is 4.74 Å². The van der Waals surface area contributed by atoms with Crippen molar-refractivity contribution in [3.63, 3.8) is 0 Å². The van der Waals surface area contributed by atoms with Crippen LogP contribution in [0.2, 0.25) is 0 Å². The van der Waals surface area contributed by atoms with Crippen LogP contribution in [0.3, 0.4) is 0 Å². The van der Waals surface area contributed by atoms with Crippen molar-refractivity contribution >= 4 is 22.5 Å². The molecule has 0 aliphatic carbocycles. The number of Topliss-reactive ketones (excluding diaryl/α,β-unsaturated/α-hetero) is 1. The van der Waals surface area contributed by atoms with Crippen LogP contribution >= 0.6 is 0 Å². The fraction of sp³-hybridized carbons (Fsp3) is 0.216. The molecule has 4 heteroatoms. The molecule has 1 aromatic heterocycles. The number of allylic oxidation sites excluding steroid dienone is 4. The predicted octanol–water partition coefficient (Wildman–Crippen LogP) is 8.74.